The second-order valence-electron chi connectivity index (χ2n) is 7.49. The predicted molar refractivity (Wildman–Crippen MR) is 117 cm³/mol. The molecular formula is C24H25ClN2O. The van der Waals surface area contributed by atoms with E-state index in [0.29, 0.717) is 12.3 Å². The van der Waals surface area contributed by atoms with Crippen LogP contribution in [-0.2, 0) is 4.79 Å². The summed E-state index contributed by atoms with van der Waals surface area (Å²) >= 11 is 5.99. The maximum atomic E-state index is 12.5. The van der Waals surface area contributed by atoms with E-state index in [1.807, 2.05) is 42.5 Å². The minimum atomic E-state index is 0.0798. The Morgan fingerprint density at radius 2 is 1.68 bits per heavy atom. The van der Waals surface area contributed by atoms with Crippen molar-refractivity contribution in [1.82, 2.24) is 4.90 Å². The largest absolute Gasteiger partial charge is 0.325 e. The zero-order chi connectivity index (χ0) is 19.3. The maximum absolute atomic E-state index is 12.5. The molecule has 3 aromatic carbocycles. The van der Waals surface area contributed by atoms with Gasteiger partial charge in [0.1, 0.15) is 0 Å². The average Bonchev–Trinajstić information content (AvgIpc) is 2.74. The number of halogens is 1. The van der Waals surface area contributed by atoms with Crippen LogP contribution in [-0.4, -0.2) is 30.4 Å². The van der Waals surface area contributed by atoms with E-state index >= 15 is 0 Å². The highest BCUT2D eigenvalue weighted by Crippen LogP contribution is 2.29. The van der Waals surface area contributed by atoms with Crippen LogP contribution < -0.4 is 5.32 Å². The van der Waals surface area contributed by atoms with Crippen molar-refractivity contribution in [2.24, 2.45) is 0 Å². The molecule has 1 saturated heterocycles. The van der Waals surface area contributed by atoms with Crippen molar-refractivity contribution in [3.8, 4) is 0 Å². The normalized spacial score (nSPS) is 15.6. The first-order valence-corrected chi connectivity index (χ1v) is 10.3. The van der Waals surface area contributed by atoms with Gasteiger partial charge in [-0.2, -0.15) is 0 Å². The third-order valence-corrected chi connectivity index (χ3v) is 5.90. The molecular weight excluding hydrogens is 368 g/mol. The molecule has 1 aliphatic rings. The molecule has 1 N–H and O–H groups in total. The summed E-state index contributed by atoms with van der Waals surface area (Å²) in [4.78, 5) is 14.9. The average molecular weight is 393 g/mol. The van der Waals surface area contributed by atoms with Crippen LogP contribution in [0.2, 0.25) is 5.02 Å². The Morgan fingerprint density at radius 3 is 2.46 bits per heavy atom. The van der Waals surface area contributed by atoms with Gasteiger partial charge in [-0.05, 0) is 61.0 Å². The summed E-state index contributed by atoms with van der Waals surface area (Å²) in [5.74, 6) is 0.675. The molecule has 3 aromatic rings. The standard InChI is InChI=1S/C24H25ClN2O/c25-21-10-8-18(9-11-21)19-12-15-27(16-13-19)17-14-24(28)26-23-7-3-5-20-4-1-2-6-22(20)23/h1-11,19H,12-17H2,(H,26,28). The van der Waals surface area contributed by atoms with Gasteiger partial charge in [-0.25, -0.2) is 0 Å². The summed E-state index contributed by atoms with van der Waals surface area (Å²) in [6, 6.07) is 22.4. The fraction of sp³-hybridized carbons (Fsp3) is 0.292. The van der Waals surface area contributed by atoms with Crippen molar-refractivity contribution in [2.75, 3.05) is 25.0 Å². The number of likely N-dealkylation sites (tertiary alicyclic amines) is 1. The number of carbonyl (C=O) groups excluding carboxylic acids is 1. The molecule has 0 atom stereocenters. The molecule has 0 aromatic heterocycles. The Labute approximate surface area is 171 Å². The molecule has 0 aliphatic carbocycles. The Morgan fingerprint density at radius 1 is 0.964 bits per heavy atom. The van der Waals surface area contributed by atoms with Crippen LogP contribution in [0.1, 0.15) is 30.7 Å². The Kier molecular flexibility index (Phi) is 5.94. The molecule has 0 radical (unpaired) electrons. The second-order valence-corrected chi connectivity index (χ2v) is 7.93. The summed E-state index contributed by atoms with van der Waals surface area (Å²) in [7, 11) is 0. The highest BCUT2D eigenvalue weighted by Gasteiger charge is 2.21. The Hall–Kier alpha value is -2.36. The highest BCUT2D eigenvalue weighted by molar-refractivity contribution is 6.30. The number of piperidine rings is 1. The number of benzene rings is 3. The zero-order valence-electron chi connectivity index (χ0n) is 15.9. The van der Waals surface area contributed by atoms with E-state index in [4.69, 9.17) is 11.6 Å². The Balaban J connectivity index is 1.27. The van der Waals surface area contributed by atoms with Crippen molar-refractivity contribution >= 4 is 34.0 Å². The lowest BCUT2D eigenvalue weighted by molar-refractivity contribution is -0.116. The van der Waals surface area contributed by atoms with Gasteiger partial charge in [0, 0.05) is 29.1 Å². The Bertz CT molecular complexity index is 941. The molecule has 4 heteroatoms. The molecule has 1 amide bonds. The van der Waals surface area contributed by atoms with Crippen molar-refractivity contribution in [2.45, 2.75) is 25.2 Å². The van der Waals surface area contributed by atoms with Gasteiger partial charge < -0.3 is 10.2 Å². The smallest absolute Gasteiger partial charge is 0.225 e. The summed E-state index contributed by atoms with van der Waals surface area (Å²) < 4.78 is 0. The van der Waals surface area contributed by atoms with Gasteiger partial charge in [0.05, 0.1) is 0 Å². The third kappa shape index (κ3) is 4.54. The number of carbonyl (C=O) groups is 1. The molecule has 0 saturated carbocycles. The van der Waals surface area contributed by atoms with Crippen molar-refractivity contribution in [3.05, 3.63) is 77.3 Å². The predicted octanol–water partition coefficient (Wildman–Crippen LogP) is 5.70. The summed E-state index contributed by atoms with van der Waals surface area (Å²) in [5.41, 5.74) is 2.27. The van der Waals surface area contributed by atoms with Crippen LogP contribution in [0.5, 0.6) is 0 Å². The van der Waals surface area contributed by atoms with Crippen LogP contribution in [0.25, 0.3) is 10.8 Å². The lowest BCUT2D eigenvalue weighted by Crippen LogP contribution is -2.35. The van der Waals surface area contributed by atoms with Crippen LogP contribution >= 0.6 is 11.6 Å². The minimum absolute atomic E-state index is 0.0798. The van der Waals surface area contributed by atoms with Gasteiger partial charge in [0.25, 0.3) is 0 Å². The van der Waals surface area contributed by atoms with Crippen LogP contribution in [0.3, 0.4) is 0 Å². The van der Waals surface area contributed by atoms with Gasteiger partial charge >= 0.3 is 0 Å². The van der Waals surface area contributed by atoms with E-state index in [9.17, 15) is 4.79 Å². The molecule has 144 valence electrons. The number of hydrogen-bond donors (Lipinski definition) is 1. The zero-order valence-corrected chi connectivity index (χ0v) is 16.7. The fourth-order valence-corrected chi connectivity index (χ4v) is 4.16. The third-order valence-electron chi connectivity index (χ3n) is 5.65. The van der Waals surface area contributed by atoms with E-state index in [0.717, 1.165) is 54.0 Å². The second kappa shape index (κ2) is 8.76. The highest BCUT2D eigenvalue weighted by atomic mass is 35.5. The van der Waals surface area contributed by atoms with Crippen molar-refractivity contribution in [1.29, 1.82) is 0 Å². The molecule has 0 bridgehead atoms. The van der Waals surface area contributed by atoms with E-state index in [1.165, 1.54) is 5.56 Å². The topological polar surface area (TPSA) is 32.3 Å². The van der Waals surface area contributed by atoms with Gasteiger partial charge in [-0.1, -0.05) is 60.1 Å². The SMILES string of the molecule is O=C(CCN1CCC(c2ccc(Cl)cc2)CC1)Nc1cccc2ccccc12. The van der Waals surface area contributed by atoms with Crippen molar-refractivity contribution in [3.63, 3.8) is 0 Å². The number of nitrogens with zero attached hydrogens (tertiary/aromatic N) is 1. The quantitative estimate of drug-likeness (QED) is 0.603. The number of nitrogens with one attached hydrogen (secondary N) is 1. The van der Waals surface area contributed by atoms with Crippen LogP contribution in [0.4, 0.5) is 5.69 Å². The molecule has 3 nitrogen and oxygen atoms in total. The maximum Gasteiger partial charge on any atom is 0.225 e. The first-order chi connectivity index (χ1) is 13.7. The van der Waals surface area contributed by atoms with E-state index in [-0.39, 0.29) is 5.91 Å². The van der Waals surface area contributed by atoms with Crippen molar-refractivity contribution < 1.29 is 4.79 Å². The first kappa shape index (κ1) is 19.0. The number of rotatable bonds is 5. The van der Waals surface area contributed by atoms with Gasteiger partial charge in [-0.15, -0.1) is 0 Å². The first-order valence-electron chi connectivity index (χ1n) is 9.94. The fourth-order valence-electron chi connectivity index (χ4n) is 4.03. The summed E-state index contributed by atoms with van der Waals surface area (Å²) in [6.07, 6.45) is 2.79. The number of amides is 1. The molecule has 1 heterocycles. The van der Waals surface area contributed by atoms with E-state index in [1.54, 1.807) is 0 Å². The lowest BCUT2D eigenvalue weighted by atomic mass is 9.89. The lowest BCUT2D eigenvalue weighted by Gasteiger charge is -2.32. The number of hydrogen-bond acceptors (Lipinski definition) is 2. The summed E-state index contributed by atoms with van der Waals surface area (Å²) in [5, 5.41) is 6.10. The molecule has 0 unspecified atom stereocenters. The monoisotopic (exact) mass is 392 g/mol. The van der Waals surface area contributed by atoms with Crippen LogP contribution in [0.15, 0.2) is 66.7 Å². The molecule has 4 rings (SSSR count). The van der Waals surface area contributed by atoms with Gasteiger partial charge in [0.15, 0.2) is 0 Å². The van der Waals surface area contributed by atoms with Crippen LogP contribution in [0, 0.1) is 0 Å². The van der Waals surface area contributed by atoms with Gasteiger partial charge in [0.2, 0.25) is 5.91 Å². The minimum Gasteiger partial charge on any atom is -0.325 e. The number of anilines is 1. The van der Waals surface area contributed by atoms with Gasteiger partial charge in [-0.3, -0.25) is 4.79 Å². The number of fused-ring (bicyclic) bond motifs is 1. The molecule has 1 aliphatic heterocycles. The molecule has 0 spiro atoms. The molecule has 28 heavy (non-hydrogen) atoms. The molecule has 1 fully saturated rings. The van der Waals surface area contributed by atoms with E-state index in [2.05, 4.69) is 34.5 Å². The summed E-state index contributed by atoms with van der Waals surface area (Å²) in [6.45, 7) is 2.88. The van der Waals surface area contributed by atoms with E-state index < -0.39 is 0 Å².